The van der Waals surface area contributed by atoms with E-state index in [2.05, 4.69) is 0 Å². The zero-order valence-corrected chi connectivity index (χ0v) is 11.2. The lowest BCUT2D eigenvalue weighted by molar-refractivity contribution is 0.0982. The summed E-state index contributed by atoms with van der Waals surface area (Å²) in [6, 6.07) is 11.7. The van der Waals surface area contributed by atoms with Gasteiger partial charge >= 0.3 is 0 Å². The zero-order valence-electron chi connectivity index (χ0n) is 11.2. The molecule has 0 fully saturated rings. The van der Waals surface area contributed by atoms with Crippen LogP contribution in [0.4, 0.5) is 0 Å². The number of phenols is 2. The zero-order chi connectivity index (χ0) is 14.5. The van der Waals surface area contributed by atoms with E-state index in [4.69, 9.17) is 4.74 Å². The number of carbonyl (C=O) groups excluding carboxylic acids is 1. The van der Waals surface area contributed by atoms with E-state index in [0.717, 1.165) is 0 Å². The van der Waals surface area contributed by atoms with Gasteiger partial charge < -0.3 is 14.9 Å². The largest absolute Gasteiger partial charge is 0.508 e. The highest BCUT2D eigenvalue weighted by Crippen LogP contribution is 2.33. The van der Waals surface area contributed by atoms with Crippen LogP contribution >= 0.6 is 0 Å². The van der Waals surface area contributed by atoms with E-state index >= 15 is 0 Å². The predicted molar refractivity (Wildman–Crippen MR) is 75.4 cm³/mol. The maximum Gasteiger partial charge on any atom is 0.163 e. The minimum Gasteiger partial charge on any atom is -0.508 e. The molecule has 4 nitrogen and oxygen atoms in total. The molecule has 0 saturated heterocycles. The molecule has 0 unspecified atom stereocenters. The van der Waals surface area contributed by atoms with Crippen LogP contribution in [-0.4, -0.2) is 23.1 Å². The monoisotopic (exact) mass is 272 g/mol. The lowest BCUT2D eigenvalue weighted by Crippen LogP contribution is -2.02. The summed E-state index contributed by atoms with van der Waals surface area (Å²) in [4.78, 5) is 12.0. The van der Waals surface area contributed by atoms with Gasteiger partial charge in [-0.05, 0) is 6.42 Å². The molecular formula is C16H16O4. The van der Waals surface area contributed by atoms with Crippen LogP contribution in [-0.2, 0) is 6.42 Å². The SMILES string of the molecule is COc1cc(O)cc(O)c1CCC(=O)c1ccccc1. The first kappa shape index (κ1) is 13.9. The Morgan fingerprint density at radius 3 is 2.50 bits per heavy atom. The average molecular weight is 272 g/mol. The van der Waals surface area contributed by atoms with Crippen molar-refractivity contribution in [3.8, 4) is 17.2 Å². The standard InChI is InChI=1S/C16H16O4/c1-20-16-10-12(17)9-15(19)13(16)7-8-14(18)11-5-3-2-4-6-11/h2-6,9-10,17,19H,7-8H2,1H3. The number of methoxy groups -OCH3 is 1. The van der Waals surface area contributed by atoms with Crippen molar-refractivity contribution < 1.29 is 19.7 Å². The Bertz CT molecular complexity index is 605. The van der Waals surface area contributed by atoms with Gasteiger partial charge in [0, 0.05) is 29.7 Å². The maximum atomic E-state index is 12.0. The van der Waals surface area contributed by atoms with Crippen LogP contribution in [0.15, 0.2) is 42.5 Å². The molecule has 0 saturated carbocycles. The van der Waals surface area contributed by atoms with Gasteiger partial charge in [-0.2, -0.15) is 0 Å². The predicted octanol–water partition coefficient (Wildman–Crippen LogP) is 2.92. The van der Waals surface area contributed by atoms with E-state index in [1.54, 1.807) is 12.1 Å². The Morgan fingerprint density at radius 2 is 1.85 bits per heavy atom. The molecule has 4 heteroatoms. The van der Waals surface area contributed by atoms with Gasteiger partial charge in [-0.1, -0.05) is 30.3 Å². The van der Waals surface area contributed by atoms with E-state index < -0.39 is 0 Å². The summed E-state index contributed by atoms with van der Waals surface area (Å²) in [5, 5.41) is 19.2. The van der Waals surface area contributed by atoms with Gasteiger partial charge in [0.1, 0.15) is 17.2 Å². The van der Waals surface area contributed by atoms with Crippen molar-refractivity contribution in [2.45, 2.75) is 12.8 Å². The van der Waals surface area contributed by atoms with Crippen LogP contribution in [0.1, 0.15) is 22.3 Å². The number of hydrogen-bond donors (Lipinski definition) is 2. The number of aromatic hydroxyl groups is 2. The highest BCUT2D eigenvalue weighted by molar-refractivity contribution is 5.96. The fourth-order valence-electron chi connectivity index (χ4n) is 2.06. The van der Waals surface area contributed by atoms with Gasteiger partial charge in [-0.25, -0.2) is 0 Å². The molecule has 0 amide bonds. The molecule has 0 radical (unpaired) electrons. The Kier molecular flexibility index (Phi) is 4.25. The van der Waals surface area contributed by atoms with Crippen molar-refractivity contribution in [1.29, 1.82) is 0 Å². The second-order valence-electron chi connectivity index (χ2n) is 4.43. The number of benzene rings is 2. The van der Waals surface area contributed by atoms with Crippen LogP contribution in [0.25, 0.3) is 0 Å². The Labute approximate surface area is 117 Å². The summed E-state index contributed by atoms with van der Waals surface area (Å²) in [6.45, 7) is 0. The Balaban J connectivity index is 2.13. The molecular weight excluding hydrogens is 256 g/mol. The molecule has 0 aliphatic carbocycles. The first-order valence-electron chi connectivity index (χ1n) is 6.29. The van der Waals surface area contributed by atoms with Crippen molar-refractivity contribution in [3.05, 3.63) is 53.6 Å². The van der Waals surface area contributed by atoms with Crippen molar-refractivity contribution in [3.63, 3.8) is 0 Å². The minimum atomic E-state index is -0.0718. The van der Waals surface area contributed by atoms with Crippen LogP contribution in [0, 0.1) is 0 Å². The quantitative estimate of drug-likeness (QED) is 0.821. The molecule has 0 aliphatic rings. The highest BCUT2D eigenvalue weighted by Gasteiger charge is 2.13. The van der Waals surface area contributed by atoms with E-state index in [9.17, 15) is 15.0 Å². The van der Waals surface area contributed by atoms with Crippen molar-refractivity contribution in [2.24, 2.45) is 0 Å². The average Bonchev–Trinajstić information content (AvgIpc) is 2.46. The number of carbonyl (C=O) groups is 1. The van der Waals surface area contributed by atoms with E-state index in [1.807, 2.05) is 18.2 Å². The molecule has 104 valence electrons. The molecule has 2 aromatic rings. The molecule has 0 aromatic heterocycles. The normalized spacial score (nSPS) is 10.2. The van der Waals surface area contributed by atoms with Crippen LogP contribution in [0.2, 0.25) is 0 Å². The number of phenolic OH excluding ortho intramolecular Hbond substituents is 2. The molecule has 0 aliphatic heterocycles. The highest BCUT2D eigenvalue weighted by atomic mass is 16.5. The first-order valence-corrected chi connectivity index (χ1v) is 6.29. The van der Waals surface area contributed by atoms with Crippen molar-refractivity contribution in [1.82, 2.24) is 0 Å². The fraction of sp³-hybridized carbons (Fsp3) is 0.188. The second-order valence-corrected chi connectivity index (χ2v) is 4.43. The van der Waals surface area contributed by atoms with Crippen molar-refractivity contribution >= 4 is 5.78 Å². The number of hydrogen-bond acceptors (Lipinski definition) is 4. The van der Waals surface area contributed by atoms with Gasteiger partial charge in [-0.15, -0.1) is 0 Å². The molecule has 0 bridgehead atoms. The molecule has 0 spiro atoms. The van der Waals surface area contributed by atoms with Gasteiger partial charge in [0.05, 0.1) is 7.11 Å². The lowest BCUT2D eigenvalue weighted by Gasteiger charge is -2.11. The summed E-state index contributed by atoms with van der Waals surface area (Å²) >= 11 is 0. The number of ether oxygens (including phenoxy) is 1. The van der Waals surface area contributed by atoms with Crippen LogP contribution in [0.5, 0.6) is 17.2 Å². The lowest BCUT2D eigenvalue weighted by atomic mass is 10.0. The summed E-state index contributed by atoms with van der Waals surface area (Å²) in [7, 11) is 1.46. The molecule has 20 heavy (non-hydrogen) atoms. The Morgan fingerprint density at radius 1 is 1.15 bits per heavy atom. The van der Waals surface area contributed by atoms with Gasteiger partial charge in [0.15, 0.2) is 5.78 Å². The van der Waals surface area contributed by atoms with Crippen LogP contribution in [0.3, 0.4) is 0 Å². The smallest absolute Gasteiger partial charge is 0.163 e. The number of Topliss-reactive ketones (excluding diaryl/α,β-unsaturated/α-hetero) is 1. The maximum absolute atomic E-state index is 12.0. The number of ketones is 1. The van der Waals surface area contributed by atoms with E-state index in [1.165, 1.54) is 19.2 Å². The van der Waals surface area contributed by atoms with E-state index in [0.29, 0.717) is 23.3 Å². The fourth-order valence-corrected chi connectivity index (χ4v) is 2.06. The summed E-state index contributed by atoms with van der Waals surface area (Å²) in [5.41, 5.74) is 1.17. The van der Waals surface area contributed by atoms with E-state index in [-0.39, 0.29) is 23.7 Å². The topological polar surface area (TPSA) is 66.8 Å². The van der Waals surface area contributed by atoms with Gasteiger partial charge in [-0.3, -0.25) is 4.79 Å². The second kappa shape index (κ2) is 6.10. The molecule has 2 N–H and O–H groups in total. The first-order chi connectivity index (χ1) is 9.61. The number of rotatable bonds is 5. The van der Waals surface area contributed by atoms with Gasteiger partial charge in [0.25, 0.3) is 0 Å². The summed E-state index contributed by atoms with van der Waals surface area (Å²) < 4.78 is 5.11. The van der Waals surface area contributed by atoms with Crippen molar-refractivity contribution in [2.75, 3.05) is 7.11 Å². The molecule has 0 heterocycles. The molecule has 2 rings (SSSR count). The summed E-state index contributed by atoms with van der Waals surface area (Å²) in [6.07, 6.45) is 0.613. The summed E-state index contributed by atoms with van der Waals surface area (Å²) in [5.74, 6) is 0.240. The molecule has 2 aromatic carbocycles. The third kappa shape index (κ3) is 3.09. The molecule has 0 atom stereocenters. The minimum absolute atomic E-state index is 0.000119. The third-order valence-electron chi connectivity index (χ3n) is 3.09. The van der Waals surface area contributed by atoms with Gasteiger partial charge in [0.2, 0.25) is 0 Å². The van der Waals surface area contributed by atoms with Crippen LogP contribution < -0.4 is 4.74 Å². The Hall–Kier alpha value is -2.49. The third-order valence-corrected chi connectivity index (χ3v) is 3.09.